The average Bonchev–Trinajstić information content (AvgIpc) is 2.63. The minimum Gasteiger partial charge on any atom is -0.460 e. The Kier molecular flexibility index (Phi) is 15.5. The van der Waals surface area contributed by atoms with Gasteiger partial charge in [0.05, 0.1) is 26.2 Å². The van der Waals surface area contributed by atoms with Gasteiger partial charge in [0.2, 0.25) is 6.81 Å². The Morgan fingerprint density at radius 3 is 1.12 bits per heavy atom. The topological polar surface area (TPSA) is 20.2 Å². The molecule has 0 aliphatic heterocycles. The summed E-state index contributed by atoms with van der Waals surface area (Å²) in [5.41, 5.74) is 0. The molecule has 0 saturated heterocycles. The molecule has 136 valence electrons. The van der Waals surface area contributed by atoms with Crippen LogP contribution in [0.3, 0.4) is 0 Å². The largest absolute Gasteiger partial charge is 0.460 e. The van der Waals surface area contributed by atoms with Crippen LogP contribution >= 0.6 is 0 Å². The third-order valence-corrected chi connectivity index (χ3v) is 7.47. The van der Waals surface area contributed by atoms with Crippen molar-refractivity contribution in [1.29, 1.82) is 1.34 Å². The second-order valence-electron chi connectivity index (χ2n) is 11.3. The summed E-state index contributed by atoms with van der Waals surface area (Å²) in [6.45, 7) is 16.2. The van der Waals surface area contributed by atoms with Gasteiger partial charge in [0.15, 0.2) is 0 Å². The van der Waals surface area contributed by atoms with E-state index in [1.165, 1.54) is 0 Å². The zero-order chi connectivity index (χ0) is 27.2. The third kappa shape index (κ3) is 10.1. The highest BCUT2D eigenvalue weighted by Gasteiger charge is 2.50. The van der Waals surface area contributed by atoms with E-state index < -0.39 is 58.5 Å². The van der Waals surface area contributed by atoms with Crippen molar-refractivity contribution >= 4 is 166 Å². The fraction of sp³-hybridized carbons (Fsp3) is 1.00. The van der Waals surface area contributed by atoms with Gasteiger partial charge in [-0.15, -0.1) is 6.82 Å². The summed E-state index contributed by atoms with van der Waals surface area (Å²) >= 11 is 0. The molecular formula is C8H26B24O. The van der Waals surface area contributed by atoms with Gasteiger partial charge < -0.3 is 5.02 Å². The predicted octanol–water partition coefficient (Wildman–Crippen LogP) is -5.29. The van der Waals surface area contributed by atoms with Crippen molar-refractivity contribution in [2.75, 3.05) is 0 Å². The van der Waals surface area contributed by atoms with E-state index in [9.17, 15) is 6.36 Å². The van der Waals surface area contributed by atoms with Crippen LogP contribution < -0.4 is 0 Å². The van der Waals surface area contributed by atoms with Crippen molar-refractivity contribution in [3.05, 3.63) is 0 Å². The molecule has 0 aliphatic rings. The first-order chi connectivity index (χ1) is 15.4. The predicted molar refractivity (Wildman–Crippen MR) is 189 cm³/mol. The van der Waals surface area contributed by atoms with Crippen LogP contribution in [0.2, 0.25) is 54.6 Å². The van der Waals surface area contributed by atoms with E-state index in [2.05, 4.69) is 40.9 Å². The molecule has 0 heterocycles. The Morgan fingerprint density at radius 2 is 0.879 bits per heavy atom. The first-order valence-corrected chi connectivity index (χ1v) is 12.5. The SMILES string of the molecule is [2H]B(B(B(B([B])C)B(C)C)B(B(C)C)B(C)C)B(B(B([B])[B])B([B])[B])B(B([B])[B])B([B])B(C)O. The van der Waals surface area contributed by atoms with Gasteiger partial charge in [-0.05, 0) is 1.34 Å². The summed E-state index contributed by atoms with van der Waals surface area (Å²) in [4.78, 5) is 0. The van der Waals surface area contributed by atoms with Crippen LogP contribution in [0.1, 0.15) is 0 Å². The minimum absolute atomic E-state index is 0.0147. The lowest BCUT2D eigenvalue weighted by Crippen LogP contribution is -2.82. The first-order valence-electron chi connectivity index (χ1n) is 13.1. The molecule has 0 amide bonds. The van der Waals surface area contributed by atoms with Gasteiger partial charge in [-0.2, -0.15) is 0 Å². The molecule has 0 saturated carbocycles. The van der Waals surface area contributed by atoms with Crippen molar-refractivity contribution < 1.29 is 5.02 Å². The molecule has 0 rings (SSSR count). The van der Waals surface area contributed by atoms with Crippen LogP contribution in [-0.4, -0.2) is 172 Å². The third-order valence-electron chi connectivity index (χ3n) is 7.47. The molecule has 0 spiro atoms. The van der Waals surface area contributed by atoms with Crippen LogP contribution in [0, 0.1) is 0 Å². The van der Waals surface area contributed by atoms with Gasteiger partial charge in [-0.25, -0.2) is 0 Å². The van der Waals surface area contributed by atoms with Gasteiger partial charge in [-0.3, -0.25) is 0 Å². The Labute approximate surface area is 226 Å². The number of hydrogen-bond donors (Lipinski definition) is 1. The summed E-state index contributed by atoms with van der Waals surface area (Å²) in [5, 5.41) is 10.4. The molecule has 33 heavy (non-hydrogen) atoms. The molecule has 0 aromatic heterocycles. The zero-order valence-electron chi connectivity index (χ0n) is 23.3. The van der Waals surface area contributed by atoms with Gasteiger partial charge in [-0.1, -0.05) is 47.8 Å². The average molecular weight is 399 g/mol. The smallest absolute Gasteiger partial charge is 0.229 e. The van der Waals surface area contributed by atoms with Crippen LogP contribution in [0.15, 0.2) is 0 Å². The molecule has 0 aliphatic carbocycles. The maximum atomic E-state index is 10.4. The van der Waals surface area contributed by atoms with Gasteiger partial charge in [0, 0.05) is 133 Å². The maximum Gasteiger partial charge on any atom is 0.229 e. The van der Waals surface area contributed by atoms with E-state index in [4.69, 9.17) is 61.9 Å². The van der Waals surface area contributed by atoms with Crippen LogP contribution in [-0.2, 0) is 0 Å². The summed E-state index contributed by atoms with van der Waals surface area (Å²) in [7, 11) is 49.6. The van der Waals surface area contributed by atoms with E-state index in [1.807, 2.05) is 6.82 Å². The van der Waals surface area contributed by atoms with Crippen molar-refractivity contribution in [3.8, 4) is 0 Å². The molecule has 0 atom stereocenters. The number of rotatable bonds is 15. The van der Waals surface area contributed by atoms with Crippen molar-refractivity contribution in [1.82, 2.24) is 0 Å². The molecule has 25 heteroatoms. The number of hydrogen-bond acceptors (Lipinski definition) is 1. The second kappa shape index (κ2) is 15.7. The normalized spacial score (nSPS) is 10.2. The van der Waals surface area contributed by atoms with E-state index in [0.717, 1.165) is 0 Å². The molecule has 1 nitrogen and oxygen atoms in total. The lowest BCUT2D eigenvalue weighted by molar-refractivity contribution is 0.600. The summed E-state index contributed by atoms with van der Waals surface area (Å²) in [6.07, 6.45) is -5.64. The zero-order valence-corrected chi connectivity index (χ0v) is 22.3. The van der Waals surface area contributed by atoms with Crippen molar-refractivity contribution in [2.24, 2.45) is 0 Å². The quantitative estimate of drug-likeness (QED) is 0.273. The minimum atomic E-state index is -0.938. The lowest BCUT2D eigenvalue weighted by atomic mass is 8.38. The summed E-state index contributed by atoms with van der Waals surface area (Å²) in [6, 6.07) is 0. The standard InChI is InChI=1S/C8H26B24O/c1-18(2)29(19(3)4)27(30(20(5)6)21(7)9)17-28(31(23(10)11)24(12)13)32(25(14)15)26(16)22(8)33/h17,33H,1-8H3/i17D. The fourth-order valence-corrected chi connectivity index (χ4v) is 6.20. The Hall–Kier alpha value is 1.52. The summed E-state index contributed by atoms with van der Waals surface area (Å²) in [5.74, 6) is 0. The molecule has 1 N–H and O–H groups in total. The summed E-state index contributed by atoms with van der Waals surface area (Å²) < 4.78 is 9.77. The maximum absolute atomic E-state index is 10.4. The van der Waals surface area contributed by atoms with Crippen LogP contribution in [0.4, 0.5) is 0 Å². The molecular weight excluding hydrogens is 372 g/mol. The van der Waals surface area contributed by atoms with E-state index >= 15 is 0 Å². The highest BCUT2D eigenvalue weighted by Crippen LogP contribution is 2.13. The monoisotopic (exact) mass is 403 g/mol. The highest BCUT2D eigenvalue weighted by molar-refractivity contribution is 8.19. The molecule has 0 fully saturated rings. The lowest BCUT2D eigenvalue weighted by Gasteiger charge is -2.44. The Bertz CT molecular complexity index is 515. The van der Waals surface area contributed by atoms with Crippen LogP contribution in [0.25, 0.3) is 0 Å². The van der Waals surface area contributed by atoms with E-state index in [-0.39, 0.29) is 45.5 Å². The highest BCUT2D eigenvalue weighted by atomic mass is 16.2. The molecule has 0 bridgehead atoms. The molecule has 0 aromatic rings. The first kappa shape index (κ1) is 32.5. The van der Waals surface area contributed by atoms with Gasteiger partial charge in [0.25, 0.3) is 0 Å². The van der Waals surface area contributed by atoms with Gasteiger partial charge in [0.1, 0.15) is 0 Å². The fourth-order valence-electron chi connectivity index (χ4n) is 6.20. The Morgan fingerprint density at radius 1 is 0.545 bits per heavy atom. The second-order valence-corrected chi connectivity index (χ2v) is 11.3. The van der Waals surface area contributed by atoms with Gasteiger partial charge >= 0.3 is 0 Å². The van der Waals surface area contributed by atoms with E-state index in [0.29, 0.717) is 0 Å². The Balaban J connectivity index is 7.22. The van der Waals surface area contributed by atoms with E-state index in [1.54, 1.807) is 6.82 Å². The van der Waals surface area contributed by atoms with Crippen molar-refractivity contribution in [3.63, 3.8) is 0 Å². The molecule has 0 aromatic carbocycles. The molecule has 0 unspecified atom stereocenters. The van der Waals surface area contributed by atoms with Crippen molar-refractivity contribution in [2.45, 2.75) is 54.6 Å². The molecule has 16 radical (unpaired) electrons. The van der Waals surface area contributed by atoms with Crippen LogP contribution in [0.5, 0.6) is 0 Å².